The number of nitrogens with one attached hydrogen (secondary N) is 1. The summed E-state index contributed by atoms with van der Waals surface area (Å²) in [5.41, 5.74) is 0. The molecule has 3 heteroatoms. The Morgan fingerprint density at radius 3 is 2.43 bits per heavy atom. The van der Waals surface area contributed by atoms with Crippen LogP contribution < -0.4 is 5.32 Å². The maximum absolute atomic E-state index is 12.0. The number of hydrogen-bond acceptors (Lipinski definition) is 3. The van der Waals surface area contributed by atoms with Crippen molar-refractivity contribution >= 4 is 11.6 Å². The third-order valence-electron chi connectivity index (χ3n) is 3.41. The Kier molecular flexibility index (Phi) is 2.96. The summed E-state index contributed by atoms with van der Waals surface area (Å²) < 4.78 is 0. The van der Waals surface area contributed by atoms with Gasteiger partial charge in [-0.1, -0.05) is 0 Å². The van der Waals surface area contributed by atoms with Gasteiger partial charge in [0.2, 0.25) is 0 Å². The number of hydrogen-bond donors (Lipinski definition) is 1. The van der Waals surface area contributed by atoms with Crippen LogP contribution in [0.1, 0.15) is 32.1 Å². The van der Waals surface area contributed by atoms with Gasteiger partial charge in [-0.25, -0.2) is 0 Å². The molecule has 2 aliphatic rings. The van der Waals surface area contributed by atoms with E-state index in [2.05, 4.69) is 5.32 Å². The maximum Gasteiger partial charge on any atom is 0.140 e. The summed E-state index contributed by atoms with van der Waals surface area (Å²) in [6.07, 6.45) is 3.83. The van der Waals surface area contributed by atoms with E-state index in [1.54, 1.807) is 0 Å². The highest BCUT2D eigenvalue weighted by Gasteiger charge is 2.31. The SMILES string of the molecule is O=C1CCC(C(=O)C2CCNC2)CC1. The Morgan fingerprint density at radius 2 is 1.86 bits per heavy atom. The summed E-state index contributed by atoms with van der Waals surface area (Å²) in [6.45, 7) is 1.82. The first-order chi connectivity index (χ1) is 6.77. The third-order valence-corrected chi connectivity index (χ3v) is 3.41. The van der Waals surface area contributed by atoms with Gasteiger partial charge in [-0.15, -0.1) is 0 Å². The van der Waals surface area contributed by atoms with E-state index in [0.717, 1.165) is 32.4 Å². The van der Waals surface area contributed by atoms with E-state index in [-0.39, 0.29) is 11.8 Å². The molecule has 2 fully saturated rings. The van der Waals surface area contributed by atoms with Crippen molar-refractivity contribution in [3.05, 3.63) is 0 Å². The Hall–Kier alpha value is -0.700. The van der Waals surface area contributed by atoms with Crippen molar-refractivity contribution in [1.29, 1.82) is 0 Å². The lowest BCUT2D eigenvalue weighted by Gasteiger charge is -2.22. The van der Waals surface area contributed by atoms with Gasteiger partial charge in [-0.2, -0.15) is 0 Å². The van der Waals surface area contributed by atoms with Crippen molar-refractivity contribution in [2.75, 3.05) is 13.1 Å². The molecule has 0 aromatic rings. The van der Waals surface area contributed by atoms with Crippen molar-refractivity contribution < 1.29 is 9.59 Å². The molecule has 1 saturated heterocycles. The smallest absolute Gasteiger partial charge is 0.140 e. The molecule has 1 aliphatic carbocycles. The first kappa shape index (κ1) is 9.84. The molecule has 1 atom stereocenters. The molecule has 0 amide bonds. The number of carbonyl (C=O) groups is 2. The molecule has 1 N–H and O–H groups in total. The van der Waals surface area contributed by atoms with E-state index in [1.807, 2.05) is 0 Å². The lowest BCUT2D eigenvalue weighted by Crippen LogP contribution is -2.28. The second kappa shape index (κ2) is 4.22. The second-order valence-corrected chi connectivity index (χ2v) is 4.41. The first-order valence-corrected chi connectivity index (χ1v) is 5.53. The van der Waals surface area contributed by atoms with Gasteiger partial charge < -0.3 is 5.32 Å². The molecule has 1 unspecified atom stereocenters. The molecule has 14 heavy (non-hydrogen) atoms. The molecular weight excluding hydrogens is 178 g/mol. The van der Waals surface area contributed by atoms with Crippen molar-refractivity contribution in [3.8, 4) is 0 Å². The molecule has 2 rings (SSSR count). The van der Waals surface area contributed by atoms with Gasteiger partial charge >= 0.3 is 0 Å². The Labute approximate surface area is 84.2 Å². The van der Waals surface area contributed by atoms with E-state index >= 15 is 0 Å². The van der Waals surface area contributed by atoms with Crippen molar-refractivity contribution in [1.82, 2.24) is 5.32 Å². The molecular formula is C11H17NO2. The largest absolute Gasteiger partial charge is 0.316 e. The lowest BCUT2D eigenvalue weighted by molar-refractivity contribution is -0.129. The fourth-order valence-electron chi connectivity index (χ4n) is 2.46. The van der Waals surface area contributed by atoms with Gasteiger partial charge in [0.1, 0.15) is 11.6 Å². The Balaban J connectivity index is 1.88. The highest BCUT2D eigenvalue weighted by Crippen LogP contribution is 2.26. The summed E-state index contributed by atoms with van der Waals surface area (Å²) in [7, 11) is 0. The van der Waals surface area contributed by atoms with Gasteiger partial charge in [0.15, 0.2) is 0 Å². The Bertz CT molecular complexity index is 234. The van der Waals surface area contributed by atoms with E-state index in [9.17, 15) is 9.59 Å². The van der Waals surface area contributed by atoms with E-state index < -0.39 is 0 Å². The van der Waals surface area contributed by atoms with Crippen LogP contribution in [-0.4, -0.2) is 24.7 Å². The zero-order valence-corrected chi connectivity index (χ0v) is 8.42. The van der Waals surface area contributed by atoms with Gasteiger partial charge in [-0.3, -0.25) is 9.59 Å². The van der Waals surface area contributed by atoms with Crippen molar-refractivity contribution in [2.45, 2.75) is 32.1 Å². The number of carbonyl (C=O) groups excluding carboxylic acids is 2. The minimum atomic E-state index is 0.178. The highest BCUT2D eigenvalue weighted by atomic mass is 16.1. The first-order valence-electron chi connectivity index (χ1n) is 5.53. The average molecular weight is 195 g/mol. The average Bonchev–Trinajstić information content (AvgIpc) is 2.71. The van der Waals surface area contributed by atoms with Crippen molar-refractivity contribution in [2.24, 2.45) is 11.8 Å². The van der Waals surface area contributed by atoms with Crippen LogP contribution in [0.25, 0.3) is 0 Å². The van der Waals surface area contributed by atoms with E-state index in [0.29, 0.717) is 24.4 Å². The van der Waals surface area contributed by atoms with Crippen LogP contribution in [0.2, 0.25) is 0 Å². The standard InChI is InChI=1S/C11H17NO2/c13-10-3-1-8(2-4-10)11(14)9-5-6-12-7-9/h8-9,12H,1-7H2. The lowest BCUT2D eigenvalue weighted by atomic mass is 9.81. The van der Waals surface area contributed by atoms with E-state index in [1.165, 1.54) is 0 Å². The second-order valence-electron chi connectivity index (χ2n) is 4.41. The number of Topliss-reactive ketones (excluding diaryl/α,β-unsaturated/α-hetero) is 2. The molecule has 1 aliphatic heterocycles. The zero-order chi connectivity index (χ0) is 9.97. The van der Waals surface area contributed by atoms with Crippen LogP contribution in [-0.2, 0) is 9.59 Å². The fraction of sp³-hybridized carbons (Fsp3) is 0.818. The van der Waals surface area contributed by atoms with Crippen molar-refractivity contribution in [3.63, 3.8) is 0 Å². The molecule has 1 heterocycles. The molecule has 0 bridgehead atoms. The van der Waals surface area contributed by atoms with Crippen LogP contribution in [0, 0.1) is 11.8 Å². The Morgan fingerprint density at radius 1 is 1.14 bits per heavy atom. The summed E-state index contributed by atoms with van der Waals surface area (Å²) in [5, 5.41) is 3.21. The molecule has 3 nitrogen and oxygen atoms in total. The summed E-state index contributed by atoms with van der Waals surface area (Å²) >= 11 is 0. The minimum Gasteiger partial charge on any atom is -0.316 e. The number of ketones is 2. The normalized spacial score (nSPS) is 29.4. The van der Waals surface area contributed by atoms with E-state index in [4.69, 9.17) is 0 Å². The van der Waals surface area contributed by atoms with Crippen LogP contribution in [0.3, 0.4) is 0 Å². The van der Waals surface area contributed by atoms with Crippen LogP contribution in [0.4, 0.5) is 0 Å². The predicted molar refractivity (Wildman–Crippen MR) is 52.9 cm³/mol. The summed E-state index contributed by atoms with van der Waals surface area (Å²) in [5.74, 6) is 1.15. The van der Waals surface area contributed by atoms with Gasteiger partial charge in [-0.05, 0) is 25.8 Å². The van der Waals surface area contributed by atoms with Gasteiger partial charge in [0.05, 0.1) is 0 Å². The summed E-state index contributed by atoms with van der Waals surface area (Å²) in [4.78, 5) is 23.0. The topological polar surface area (TPSA) is 46.2 Å². The molecule has 0 aromatic heterocycles. The highest BCUT2D eigenvalue weighted by molar-refractivity contribution is 5.87. The fourth-order valence-corrected chi connectivity index (χ4v) is 2.46. The van der Waals surface area contributed by atoms with Crippen LogP contribution in [0.5, 0.6) is 0 Å². The van der Waals surface area contributed by atoms with Crippen LogP contribution in [0.15, 0.2) is 0 Å². The third kappa shape index (κ3) is 2.03. The minimum absolute atomic E-state index is 0.178. The quantitative estimate of drug-likeness (QED) is 0.712. The summed E-state index contributed by atoms with van der Waals surface area (Å²) in [6, 6.07) is 0. The molecule has 78 valence electrons. The monoisotopic (exact) mass is 195 g/mol. The molecule has 1 saturated carbocycles. The predicted octanol–water partition coefficient (Wildman–Crippen LogP) is 0.924. The van der Waals surface area contributed by atoms with Gasteiger partial charge in [0, 0.05) is 31.2 Å². The molecule has 0 aromatic carbocycles. The number of rotatable bonds is 2. The molecule has 0 radical (unpaired) electrons. The maximum atomic E-state index is 12.0. The van der Waals surface area contributed by atoms with Crippen LogP contribution >= 0.6 is 0 Å². The van der Waals surface area contributed by atoms with Gasteiger partial charge in [0.25, 0.3) is 0 Å². The molecule has 0 spiro atoms. The zero-order valence-electron chi connectivity index (χ0n) is 8.42.